The SMILES string of the molecule is C=C(C)CNC(=O)c1ccc2ccccc2n1. The van der Waals surface area contributed by atoms with Gasteiger partial charge in [-0.1, -0.05) is 36.4 Å². The highest BCUT2D eigenvalue weighted by Crippen LogP contribution is 2.11. The van der Waals surface area contributed by atoms with E-state index in [4.69, 9.17) is 0 Å². The fourth-order valence-electron chi connectivity index (χ4n) is 1.51. The lowest BCUT2D eigenvalue weighted by Crippen LogP contribution is -2.25. The van der Waals surface area contributed by atoms with Gasteiger partial charge < -0.3 is 5.32 Å². The van der Waals surface area contributed by atoms with Crippen LogP contribution in [0.5, 0.6) is 0 Å². The maximum atomic E-state index is 11.8. The van der Waals surface area contributed by atoms with Gasteiger partial charge in [0.15, 0.2) is 0 Å². The Morgan fingerprint density at radius 2 is 2.06 bits per heavy atom. The summed E-state index contributed by atoms with van der Waals surface area (Å²) in [5, 5.41) is 3.79. The van der Waals surface area contributed by atoms with E-state index in [0.29, 0.717) is 12.2 Å². The molecule has 1 N–H and O–H groups in total. The lowest BCUT2D eigenvalue weighted by Gasteiger charge is -2.05. The van der Waals surface area contributed by atoms with Gasteiger partial charge in [0.2, 0.25) is 0 Å². The van der Waals surface area contributed by atoms with Crippen LogP contribution in [-0.2, 0) is 0 Å². The first kappa shape index (κ1) is 11.3. The van der Waals surface area contributed by atoms with Crippen molar-refractivity contribution >= 4 is 16.8 Å². The predicted molar refractivity (Wildman–Crippen MR) is 68.9 cm³/mol. The molecule has 1 aromatic carbocycles. The molecule has 0 atom stereocenters. The number of para-hydroxylation sites is 1. The van der Waals surface area contributed by atoms with Crippen molar-refractivity contribution in [3.63, 3.8) is 0 Å². The minimum absolute atomic E-state index is 0.168. The predicted octanol–water partition coefficient (Wildman–Crippen LogP) is 2.54. The van der Waals surface area contributed by atoms with E-state index in [1.165, 1.54) is 0 Å². The second-order valence-corrected chi connectivity index (χ2v) is 4.03. The number of amides is 1. The maximum absolute atomic E-state index is 11.8. The molecule has 0 unspecified atom stereocenters. The minimum Gasteiger partial charge on any atom is -0.347 e. The monoisotopic (exact) mass is 226 g/mol. The summed E-state index contributed by atoms with van der Waals surface area (Å²) in [5.41, 5.74) is 2.18. The highest BCUT2D eigenvalue weighted by atomic mass is 16.1. The molecule has 0 aliphatic rings. The van der Waals surface area contributed by atoms with Crippen LogP contribution in [0.25, 0.3) is 10.9 Å². The smallest absolute Gasteiger partial charge is 0.270 e. The van der Waals surface area contributed by atoms with Crippen LogP contribution >= 0.6 is 0 Å². The Labute approximate surface area is 100 Å². The van der Waals surface area contributed by atoms with Crippen molar-refractivity contribution in [2.75, 3.05) is 6.54 Å². The molecule has 2 aromatic rings. The summed E-state index contributed by atoms with van der Waals surface area (Å²) in [4.78, 5) is 16.1. The molecule has 0 radical (unpaired) electrons. The molecule has 0 saturated carbocycles. The number of aromatic nitrogens is 1. The fraction of sp³-hybridized carbons (Fsp3) is 0.143. The molecule has 86 valence electrons. The van der Waals surface area contributed by atoms with E-state index in [-0.39, 0.29) is 5.91 Å². The van der Waals surface area contributed by atoms with Crippen LogP contribution in [-0.4, -0.2) is 17.4 Å². The molecule has 0 bridgehead atoms. The number of hydrogen-bond acceptors (Lipinski definition) is 2. The standard InChI is InChI=1S/C14H14N2O/c1-10(2)9-15-14(17)13-8-7-11-5-3-4-6-12(11)16-13/h3-8H,1,9H2,2H3,(H,15,17). The molecule has 1 heterocycles. The van der Waals surface area contributed by atoms with Crippen LogP contribution in [0.2, 0.25) is 0 Å². The summed E-state index contributed by atoms with van der Waals surface area (Å²) < 4.78 is 0. The zero-order valence-corrected chi connectivity index (χ0v) is 9.73. The quantitative estimate of drug-likeness (QED) is 0.817. The lowest BCUT2D eigenvalue weighted by molar-refractivity contribution is 0.0952. The molecule has 3 heteroatoms. The number of benzene rings is 1. The summed E-state index contributed by atoms with van der Waals surface area (Å²) in [6.07, 6.45) is 0. The van der Waals surface area contributed by atoms with Gasteiger partial charge in [-0.2, -0.15) is 0 Å². The van der Waals surface area contributed by atoms with E-state index >= 15 is 0 Å². The second-order valence-electron chi connectivity index (χ2n) is 4.03. The van der Waals surface area contributed by atoms with Gasteiger partial charge in [-0.25, -0.2) is 4.98 Å². The normalized spacial score (nSPS) is 10.2. The van der Waals surface area contributed by atoms with E-state index in [2.05, 4.69) is 16.9 Å². The van der Waals surface area contributed by atoms with Crippen LogP contribution in [0.3, 0.4) is 0 Å². The number of carbonyl (C=O) groups is 1. The molecule has 0 aliphatic carbocycles. The molecular formula is C14H14N2O. The lowest BCUT2D eigenvalue weighted by atomic mass is 10.2. The van der Waals surface area contributed by atoms with E-state index in [9.17, 15) is 4.79 Å². The summed E-state index contributed by atoms with van der Waals surface area (Å²) in [6, 6.07) is 11.4. The maximum Gasteiger partial charge on any atom is 0.270 e. The van der Waals surface area contributed by atoms with Gasteiger partial charge in [-0.3, -0.25) is 4.79 Å². The van der Waals surface area contributed by atoms with Gasteiger partial charge in [0.25, 0.3) is 5.91 Å². The van der Waals surface area contributed by atoms with Crippen molar-refractivity contribution in [1.82, 2.24) is 10.3 Å². The molecule has 17 heavy (non-hydrogen) atoms. The Balaban J connectivity index is 2.24. The first-order valence-electron chi connectivity index (χ1n) is 5.45. The third-order valence-electron chi connectivity index (χ3n) is 2.38. The van der Waals surface area contributed by atoms with Crippen molar-refractivity contribution in [2.45, 2.75) is 6.92 Å². The van der Waals surface area contributed by atoms with Crippen LogP contribution in [0.1, 0.15) is 17.4 Å². The first-order valence-corrected chi connectivity index (χ1v) is 5.45. The van der Waals surface area contributed by atoms with E-state index in [0.717, 1.165) is 16.5 Å². The van der Waals surface area contributed by atoms with Crippen molar-refractivity contribution in [1.29, 1.82) is 0 Å². The highest BCUT2D eigenvalue weighted by molar-refractivity contribution is 5.94. The molecular weight excluding hydrogens is 212 g/mol. The fourth-order valence-corrected chi connectivity index (χ4v) is 1.51. The molecule has 0 aliphatic heterocycles. The van der Waals surface area contributed by atoms with Gasteiger partial charge in [0.1, 0.15) is 5.69 Å². The summed E-state index contributed by atoms with van der Waals surface area (Å²) in [7, 11) is 0. The highest BCUT2D eigenvalue weighted by Gasteiger charge is 2.06. The van der Waals surface area contributed by atoms with Gasteiger partial charge in [-0.15, -0.1) is 0 Å². The Kier molecular flexibility index (Phi) is 3.19. The Hall–Kier alpha value is -2.16. The van der Waals surface area contributed by atoms with Crippen molar-refractivity contribution in [2.24, 2.45) is 0 Å². The summed E-state index contributed by atoms with van der Waals surface area (Å²) >= 11 is 0. The average molecular weight is 226 g/mol. The molecule has 0 saturated heterocycles. The number of nitrogens with zero attached hydrogens (tertiary/aromatic N) is 1. The number of fused-ring (bicyclic) bond motifs is 1. The van der Waals surface area contributed by atoms with E-state index < -0.39 is 0 Å². The number of rotatable bonds is 3. The van der Waals surface area contributed by atoms with E-state index in [1.807, 2.05) is 37.3 Å². The van der Waals surface area contributed by atoms with Gasteiger partial charge in [-0.05, 0) is 19.1 Å². The molecule has 2 rings (SSSR count). The molecule has 0 spiro atoms. The number of nitrogens with one attached hydrogen (secondary N) is 1. The van der Waals surface area contributed by atoms with Crippen molar-refractivity contribution < 1.29 is 4.79 Å². The zero-order valence-electron chi connectivity index (χ0n) is 9.73. The third-order valence-corrected chi connectivity index (χ3v) is 2.38. The average Bonchev–Trinajstić information content (AvgIpc) is 2.35. The first-order chi connectivity index (χ1) is 8.16. The second kappa shape index (κ2) is 4.78. The summed E-state index contributed by atoms with van der Waals surface area (Å²) in [5.74, 6) is -0.168. The Morgan fingerprint density at radius 3 is 2.82 bits per heavy atom. The van der Waals surface area contributed by atoms with Crippen molar-refractivity contribution in [3.8, 4) is 0 Å². The van der Waals surface area contributed by atoms with Crippen LogP contribution in [0.15, 0.2) is 48.6 Å². The van der Waals surface area contributed by atoms with Gasteiger partial charge in [0, 0.05) is 11.9 Å². The van der Waals surface area contributed by atoms with Crippen molar-refractivity contribution in [3.05, 3.63) is 54.2 Å². The van der Waals surface area contributed by atoms with E-state index in [1.54, 1.807) is 6.07 Å². The molecule has 1 aromatic heterocycles. The molecule has 3 nitrogen and oxygen atoms in total. The van der Waals surface area contributed by atoms with Crippen LogP contribution in [0.4, 0.5) is 0 Å². The number of carbonyl (C=O) groups excluding carboxylic acids is 1. The molecule has 0 fully saturated rings. The largest absolute Gasteiger partial charge is 0.347 e. The Morgan fingerprint density at radius 1 is 1.29 bits per heavy atom. The van der Waals surface area contributed by atoms with Crippen LogP contribution in [0, 0.1) is 0 Å². The van der Waals surface area contributed by atoms with Gasteiger partial charge in [0.05, 0.1) is 5.52 Å². The third kappa shape index (κ3) is 2.69. The minimum atomic E-state index is -0.168. The van der Waals surface area contributed by atoms with Crippen LogP contribution < -0.4 is 5.32 Å². The summed E-state index contributed by atoms with van der Waals surface area (Å²) in [6.45, 7) is 6.08. The van der Waals surface area contributed by atoms with Gasteiger partial charge >= 0.3 is 0 Å². The number of pyridine rings is 1. The number of hydrogen-bond donors (Lipinski definition) is 1. The Bertz CT molecular complexity index is 575. The molecule has 1 amide bonds. The zero-order chi connectivity index (χ0) is 12.3. The topological polar surface area (TPSA) is 42.0 Å².